The van der Waals surface area contributed by atoms with Gasteiger partial charge < -0.3 is 15.4 Å². The van der Waals surface area contributed by atoms with Crippen molar-refractivity contribution in [3.05, 3.63) is 41.7 Å². The van der Waals surface area contributed by atoms with Crippen molar-refractivity contribution >= 4 is 29.0 Å². The predicted octanol–water partition coefficient (Wildman–Crippen LogP) is 2.58. The summed E-state index contributed by atoms with van der Waals surface area (Å²) in [6.45, 7) is 1.75. The third kappa shape index (κ3) is 4.32. The summed E-state index contributed by atoms with van der Waals surface area (Å²) in [5.74, 6) is 0.759. The number of hydrogen-bond donors (Lipinski definition) is 2. The molecule has 0 aromatic carbocycles. The van der Waals surface area contributed by atoms with E-state index in [0.717, 1.165) is 5.69 Å². The van der Waals surface area contributed by atoms with Crippen LogP contribution in [0, 0.1) is 0 Å². The number of hydrogen-bond acceptors (Lipinski definition) is 5. The van der Waals surface area contributed by atoms with E-state index >= 15 is 0 Å². The van der Waals surface area contributed by atoms with E-state index in [0.29, 0.717) is 16.7 Å². The summed E-state index contributed by atoms with van der Waals surface area (Å²) in [5, 5.41) is 6.25. The molecule has 2 heterocycles. The molecule has 7 heteroatoms. The van der Waals surface area contributed by atoms with E-state index in [-0.39, 0.29) is 5.91 Å². The van der Waals surface area contributed by atoms with Crippen LogP contribution >= 0.6 is 11.6 Å². The van der Waals surface area contributed by atoms with E-state index < -0.39 is 6.04 Å². The Morgan fingerprint density at radius 3 is 2.62 bits per heavy atom. The average Bonchev–Trinajstić information content (AvgIpc) is 2.50. The molecule has 0 spiro atoms. The van der Waals surface area contributed by atoms with Gasteiger partial charge in [-0.05, 0) is 25.1 Å². The topological polar surface area (TPSA) is 76.1 Å². The third-order valence-electron chi connectivity index (χ3n) is 2.70. The van der Waals surface area contributed by atoms with Gasteiger partial charge in [-0.2, -0.15) is 0 Å². The monoisotopic (exact) mass is 306 g/mol. The molecule has 0 unspecified atom stereocenters. The fourth-order valence-electron chi connectivity index (χ4n) is 1.59. The van der Waals surface area contributed by atoms with Crippen LogP contribution in [-0.2, 0) is 4.79 Å². The van der Waals surface area contributed by atoms with Crippen molar-refractivity contribution in [2.24, 2.45) is 0 Å². The number of carbonyl (C=O) groups is 1. The van der Waals surface area contributed by atoms with Crippen LogP contribution < -0.4 is 15.4 Å². The van der Waals surface area contributed by atoms with Gasteiger partial charge in [0.05, 0.1) is 24.0 Å². The molecule has 0 saturated heterocycles. The van der Waals surface area contributed by atoms with Crippen LogP contribution in [0.2, 0.25) is 5.02 Å². The zero-order valence-corrected chi connectivity index (χ0v) is 12.4. The maximum absolute atomic E-state index is 12.0. The van der Waals surface area contributed by atoms with Crippen LogP contribution in [0.4, 0.5) is 11.5 Å². The summed E-state index contributed by atoms with van der Waals surface area (Å²) in [7, 11) is 1.55. The SMILES string of the molecule is COc1ccc(N[C@@H](C)C(=O)Nc2ccc(Cl)cn2)cn1. The van der Waals surface area contributed by atoms with E-state index in [9.17, 15) is 4.79 Å². The molecule has 6 nitrogen and oxygen atoms in total. The van der Waals surface area contributed by atoms with Crippen molar-refractivity contribution in [3.8, 4) is 5.88 Å². The minimum Gasteiger partial charge on any atom is -0.481 e. The predicted molar refractivity (Wildman–Crippen MR) is 81.8 cm³/mol. The van der Waals surface area contributed by atoms with Gasteiger partial charge in [-0.1, -0.05) is 11.6 Å². The van der Waals surface area contributed by atoms with Crippen LogP contribution in [-0.4, -0.2) is 29.0 Å². The van der Waals surface area contributed by atoms with Crippen molar-refractivity contribution in [1.82, 2.24) is 9.97 Å². The molecular weight excluding hydrogens is 292 g/mol. The quantitative estimate of drug-likeness (QED) is 0.888. The van der Waals surface area contributed by atoms with Gasteiger partial charge in [0.25, 0.3) is 0 Å². The maximum Gasteiger partial charge on any atom is 0.247 e. The van der Waals surface area contributed by atoms with Crippen LogP contribution in [0.5, 0.6) is 5.88 Å². The molecular formula is C14H15ClN4O2. The van der Waals surface area contributed by atoms with E-state index in [1.54, 1.807) is 44.5 Å². The first-order valence-corrected chi connectivity index (χ1v) is 6.65. The molecule has 0 saturated carbocycles. The lowest BCUT2D eigenvalue weighted by Gasteiger charge is -2.14. The number of amides is 1. The average molecular weight is 307 g/mol. The fourth-order valence-corrected chi connectivity index (χ4v) is 1.70. The highest BCUT2D eigenvalue weighted by Gasteiger charge is 2.13. The van der Waals surface area contributed by atoms with Crippen molar-refractivity contribution in [2.75, 3.05) is 17.7 Å². The number of ether oxygens (including phenoxy) is 1. The third-order valence-corrected chi connectivity index (χ3v) is 2.92. The van der Waals surface area contributed by atoms with Gasteiger partial charge in [0.15, 0.2) is 0 Å². The molecule has 0 aliphatic carbocycles. The van der Waals surface area contributed by atoms with Gasteiger partial charge in [0.1, 0.15) is 11.9 Å². The van der Waals surface area contributed by atoms with Crippen molar-refractivity contribution in [1.29, 1.82) is 0 Å². The van der Waals surface area contributed by atoms with Crippen LogP contribution in [0.25, 0.3) is 0 Å². The minimum atomic E-state index is -0.447. The van der Waals surface area contributed by atoms with E-state index in [1.807, 2.05) is 0 Å². The van der Waals surface area contributed by atoms with Crippen LogP contribution in [0.1, 0.15) is 6.92 Å². The summed E-state index contributed by atoms with van der Waals surface area (Å²) in [4.78, 5) is 20.1. The maximum atomic E-state index is 12.0. The number of halogens is 1. The number of aromatic nitrogens is 2. The Labute approximate surface area is 127 Å². The highest BCUT2D eigenvalue weighted by molar-refractivity contribution is 6.30. The fraction of sp³-hybridized carbons (Fsp3) is 0.214. The Morgan fingerprint density at radius 1 is 1.24 bits per heavy atom. The van der Waals surface area contributed by atoms with Crippen molar-refractivity contribution in [2.45, 2.75) is 13.0 Å². The molecule has 2 N–H and O–H groups in total. The molecule has 110 valence electrons. The van der Waals surface area contributed by atoms with Gasteiger partial charge in [-0.15, -0.1) is 0 Å². The molecule has 0 aliphatic rings. The molecule has 21 heavy (non-hydrogen) atoms. The van der Waals surface area contributed by atoms with Crippen LogP contribution in [0.15, 0.2) is 36.7 Å². The highest BCUT2D eigenvalue weighted by Crippen LogP contribution is 2.13. The van der Waals surface area contributed by atoms with Crippen LogP contribution in [0.3, 0.4) is 0 Å². The Balaban J connectivity index is 1.93. The Bertz CT molecular complexity index is 601. The summed E-state index contributed by atoms with van der Waals surface area (Å²) in [6.07, 6.45) is 3.08. The molecule has 2 aromatic rings. The number of nitrogens with one attached hydrogen (secondary N) is 2. The number of carbonyl (C=O) groups excluding carboxylic acids is 1. The van der Waals surface area contributed by atoms with Gasteiger partial charge in [0, 0.05) is 12.3 Å². The Hall–Kier alpha value is -2.34. The number of methoxy groups -OCH3 is 1. The second kappa shape index (κ2) is 6.90. The second-order valence-corrected chi connectivity index (χ2v) is 4.74. The first-order chi connectivity index (χ1) is 10.1. The largest absolute Gasteiger partial charge is 0.481 e. The molecule has 1 amide bonds. The smallest absolute Gasteiger partial charge is 0.247 e. The minimum absolute atomic E-state index is 0.208. The van der Waals surface area contributed by atoms with Crippen molar-refractivity contribution < 1.29 is 9.53 Å². The molecule has 1 atom stereocenters. The lowest BCUT2D eigenvalue weighted by atomic mass is 10.3. The first-order valence-electron chi connectivity index (χ1n) is 6.27. The molecule has 0 fully saturated rings. The number of pyridine rings is 2. The van der Waals surface area contributed by atoms with Gasteiger partial charge in [-0.25, -0.2) is 9.97 Å². The lowest BCUT2D eigenvalue weighted by molar-refractivity contribution is -0.116. The highest BCUT2D eigenvalue weighted by atomic mass is 35.5. The summed E-state index contributed by atoms with van der Waals surface area (Å²) < 4.78 is 4.97. The van der Waals surface area contributed by atoms with Gasteiger partial charge in [-0.3, -0.25) is 4.79 Å². The zero-order chi connectivity index (χ0) is 15.2. The number of nitrogens with zero attached hydrogens (tertiary/aromatic N) is 2. The first kappa shape index (κ1) is 15.1. The standard InChI is InChI=1S/C14H15ClN4O2/c1-9(18-11-4-6-13(21-2)17-8-11)14(20)19-12-5-3-10(15)7-16-12/h3-9,18H,1-2H3,(H,16,19,20)/t9-/m0/s1. The molecule has 0 aliphatic heterocycles. The van der Waals surface area contributed by atoms with Gasteiger partial charge in [0.2, 0.25) is 11.8 Å². The van der Waals surface area contributed by atoms with E-state index in [1.165, 1.54) is 6.20 Å². The molecule has 2 rings (SSSR count). The van der Waals surface area contributed by atoms with Crippen molar-refractivity contribution in [3.63, 3.8) is 0 Å². The molecule has 0 radical (unpaired) electrons. The Morgan fingerprint density at radius 2 is 2.05 bits per heavy atom. The summed E-state index contributed by atoms with van der Waals surface area (Å²) >= 11 is 5.74. The summed E-state index contributed by atoms with van der Waals surface area (Å²) in [6, 6.07) is 6.36. The Kier molecular flexibility index (Phi) is 4.94. The second-order valence-electron chi connectivity index (χ2n) is 4.31. The zero-order valence-electron chi connectivity index (χ0n) is 11.6. The lowest BCUT2D eigenvalue weighted by Crippen LogP contribution is -2.32. The summed E-state index contributed by atoms with van der Waals surface area (Å²) in [5.41, 5.74) is 0.725. The van der Waals surface area contributed by atoms with E-state index in [4.69, 9.17) is 16.3 Å². The number of rotatable bonds is 5. The molecule has 0 bridgehead atoms. The van der Waals surface area contributed by atoms with Gasteiger partial charge >= 0.3 is 0 Å². The molecule has 2 aromatic heterocycles. The van der Waals surface area contributed by atoms with E-state index in [2.05, 4.69) is 20.6 Å². The normalized spacial score (nSPS) is 11.6. The number of anilines is 2.